The molecule has 0 heterocycles. The molecule has 6 heteroatoms. The number of alkyl halides is 2. The largest absolute Gasteiger partial charge is 0.506 e. The zero-order valence-corrected chi connectivity index (χ0v) is 11.3. The Morgan fingerprint density at radius 2 is 1.29 bits per heavy atom. The van der Waals surface area contributed by atoms with Crippen LogP contribution in [0.5, 0.6) is 11.5 Å². The number of halogens is 2. The van der Waals surface area contributed by atoms with Crippen LogP contribution in [0.1, 0.15) is 18.1 Å². The lowest BCUT2D eigenvalue weighted by atomic mass is 9.76. The summed E-state index contributed by atoms with van der Waals surface area (Å²) in [5, 5.41) is 18.9. The quantitative estimate of drug-likeness (QED) is 0.517. The average Bonchev–Trinajstić information content (AvgIpc) is 2.43. The third-order valence-electron chi connectivity index (χ3n) is 3.69. The Bertz CT molecular complexity index is 623. The highest BCUT2D eigenvalue weighted by atomic mass is 19.3. The summed E-state index contributed by atoms with van der Waals surface area (Å²) in [6.45, 7) is 1.36. The minimum absolute atomic E-state index is 0.0196. The van der Waals surface area contributed by atoms with Gasteiger partial charge in [0.2, 0.25) is 0 Å². The monoisotopic (exact) mass is 294 g/mol. The minimum atomic E-state index is -2.73. The van der Waals surface area contributed by atoms with Crippen molar-refractivity contribution in [1.29, 1.82) is 0 Å². The Hall–Kier alpha value is -2.50. The number of nitrogen functional groups attached to an aromatic ring is 2. The molecule has 2 aromatic carbocycles. The normalized spacial score (nSPS) is 11.8. The van der Waals surface area contributed by atoms with Crippen molar-refractivity contribution in [3.05, 3.63) is 47.5 Å². The van der Waals surface area contributed by atoms with Crippen LogP contribution in [0.3, 0.4) is 0 Å². The maximum Gasteiger partial charge on any atom is 0.251 e. The highest BCUT2D eigenvalue weighted by Gasteiger charge is 2.39. The summed E-state index contributed by atoms with van der Waals surface area (Å²) < 4.78 is 27.4. The molecule has 6 N–H and O–H groups in total. The van der Waals surface area contributed by atoms with E-state index in [0.717, 1.165) is 0 Å². The Morgan fingerprint density at radius 3 is 1.57 bits per heavy atom. The molecular formula is C15H16F2N2O2. The molecule has 0 amide bonds. The van der Waals surface area contributed by atoms with E-state index < -0.39 is 11.8 Å². The van der Waals surface area contributed by atoms with Gasteiger partial charge in [0.25, 0.3) is 6.43 Å². The van der Waals surface area contributed by atoms with Gasteiger partial charge in [-0.05, 0) is 42.3 Å². The molecule has 0 saturated carbocycles. The summed E-state index contributed by atoms with van der Waals surface area (Å²) in [6.07, 6.45) is -2.73. The van der Waals surface area contributed by atoms with Crippen molar-refractivity contribution in [2.45, 2.75) is 18.8 Å². The van der Waals surface area contributed by atoms with Gasteiger partial charge in [-0.2, -0.15) is 0 Å². The van der Waals surface area contributed by atoms with Gasteiger partial charge in [0.05, 0.1) is 16.8 Å². The molecule has 0 aliphatic carbocycles. The minimum Gasteiger partial charge on any atom is -0.506 e. The number of aromatic hydroxyl groups is 2. The molecule has 0 bridgehead atoms. The molecule has 0 unspecified atom stereocenters. The van der Waals surface area contributed by atoms with Crippen molar-refractivity contribution in [1.82, 2.24) is 0 Å². The van der Waals surface area contributed by atoms with Gasteiger partial charge >= 0.3 is 0 Å². The van der Waals surface area contributed by atoms with Crippen LogP contribution < -0.4 is 11.5 Å². The van der Waals surface area contributed by atoms with Gasteiger partial charge < -0.3 is 21.7 Å². The van der Waals surface area contributed by atoms with Crippen molar-refractivity contribution in [2.24, 2.45) is 0 Å². The molecule has 0 fully saturated rings. The molecule has 2 rings (SSSR count). The van der Waals surface area contributed by atoms with Crippen LogP contribution >= 0.6 is 0 Å². The number of phenols is 2. The van der Waals surface area contributed by atoms with Crippen molar-refractivity contribution in [3.8, 4) is 11.5 Å². The Kier molecular flexibility index (Phi) is 3.63. The van der Waals surface area contributed by atoms with E-state index in [1.807, 2.05) is 0 Å². The van der Waals surface area contributed by atoms with E-state index in [9.17, 15) is 19.0 Å². The first-order chi connectivity index (χ1) is 9.76. The van der Waals surface area contributed by atoms with E-state index in [0.29, 0.717) is 0 Å². The number of rotatable bonds is 3. The fourth-order valence-electron chi connectivity index (χ4n) is 2.17. The van der Waals surface area contributed by atoms with Gasteiger partial charge in [0.15, 0.2) is 0 Å². The summed E-state index contributed by atoms with van der Waals surface area (Å²) >= 11 is 0. The zero-order chi connectivity index (χ0) is 15.8. The molecule has 2 aromatic rings. The van der Waals surface area contributed by atoms with E-state index in [-0.39, 0.29) is 34.0 Å². The fourth-order valence-corrected chi connectivity index (χ4v) is 2.17. The topological polar surface area (TPSA) is 92.5 Å². The lowest BCUT2D eigenvalue weighted by Crippen LogP contribution is -2.32. The van der Waals surface area contributed by atoms with Gasteiger partial charge in [-0.15, -0.1) is 0 Å². The predicted molar refractivity (Wildman–Crippen MR) is 77.5 cm³/mol. The molecule has 0 atom stereocenters. The first kappa shape index (κ1) is 14.9. The first-order valence-corrected chi connectivity index (χ1v) is 6.23. The maximum atomic E-state index is 13.7. The Labute approximate surface area is 120 Å². The third-order valence-corrected chi connectivity index (χ3v) is 3.69. The number of hydrogen-bond donors (Lipinski definition) is 4. The van der Waals surface area contributed by atoms with E-state index in [1.54, 1.807) is 0 Å². The first-order valence-electron chi connectivity index (χ1n) is 6.23. The number of anilines is 2. The van der Waals surface area contributed by atoms with E-state index in [1.165, 1.54) is 43.3 Å². The van der Waals surface area contributed by atoms with Gasteiger partial charge in [0.1, 0.15) is 11.5 Å². The highest BCUT2D eigenvalue weighted by molar-refractivity contribution is 5.59. The van der Waals surface area contributed by atoms with E-state index in [2.05, 4.69) is 0 Å². The average molecular weight is 294 g/mol. The molecule has 112 valence electrons. The highest BCUT2D eigenvalue weighted by Crippen LogP contribution is 2.41. The smallest absolute Gasteiger partial charge is 0.251 e. The number of hydrogen-bond acceptors (Lipinski definition) is 4. The van der Waals surface area contributed by atoms with Crippen molar-refractivity contribution in [3.63, 3.8) is 0 Å². The van der Waals surface area contributed by atoms with Crippen molar-refractivity contribution >= 4 is 11.4 Å². The van der Waals surface area contributed by atoms with Crippen LogP contribution in [0.25, 0.3) is 0 Å². The standard InChI is InChI=1S/C15H16F2N2O2/c1-15(14(16)17,8-2-4-12(20)10(18)6-8)9-3-5-13(21)11(19)7-9/h2-7,14,20-21H,18-19H2,1H3. The summed E-state index contributed by atoms with van der Waals surface area (Å²) in [5.41, 5.74) is 10.1. The van der Waals surface area contributed by atoms with E-state index >= 15 is 0 Å². The molecule has 0 aromatic heterocycles. The van der Waals surface area contributed by atoms with Crippen LogP contribution in [-0.4, -0.2) is 16.6 Å². The van der Waals surface area contributed by atoms with Crippen LogP contribution in [0, 0.1) is 0 Å². The van der Waals surface area contributed by atoms with E-state index in [4.69, 9.17) is 11.5 Å². The van der Waals surface area contributed by atoms with Crippen molar-refractivity contribution in [2.75, 3.05) is 11.5 Å². The molecule has 21 heavy (non-hydrogen) atoms. The molecule has 0 aliphatic heterocycles. The lowest BCUT2D eigenvalue weighted by molar-refractivity contribution is 0.0807. The predicted octanol–water partition coefficient (Wildman–Crippen LogP) is 2.83. The van der Waals surface area contributed by atoms with Gasteiger partial charge in [-0.3, -0.25) is 0 Å². The van der Waals surface area contributed by atoms with Crippen LogP contribution in [0.4, 0.5) is 20.2 Å². The summed E-state index contributed by atoms with van der Waals surface area (Å²) in [7, 11) is 0. The Balaban J connectivity index is 2.64. The molecule has 0 spiro atoms. The SMILES string of the molecule is CC(c1ccc(O)c(N)c1)(c1ccc(O)c(N)c1)C(F)F. The second-order valence-electron chi connectivity index (χ2n) is 5.05. The fraction of sp³-hybridized carbons (Fsp3) is 0.200. The van der Waals surface area contributed by atoms with Crippen LogP contribution in [0.2, 0.25) is 0 Å². The molecule has 0 radical (unpaired) electrons. The second-order valence-corrected chi connectivity index (χ2v) is 5.05. The van der Waals surface area contributed by atoms with Crippen molar-refractivity contribution < 1.29 is 19.0 Å². The van der Waals surface area contributed by atoms with Crippen LogP contribution in [0.15, 0.2) is 36.4 Å². The summed E-state index contributed by atoms with van der Waals surface area (Å²) in [5.74, 6) is -0.332. The summed E-state index contributed by atoms with van der Waals surface area (Å²) in [6, 6.07) is 7.95. The Morgan fingerprint density at radius 1 is 0.905 bits per heavy atom. The summed E-state index contributed by atoms with van der Waals surface area (Å²) in [4.78, 5) is 0. The van der Waals surface area contributed by atoms with Gasteiger partial charge in [-0.25, -0.2) is 8.78 Å². The van der Waals surface area contributed by atoms with Gasteiger partial charge in [-0.1, -0.05) is 12.1 Å². The molecule has 0 aliphatic rings. The molecular weight excluding hydrogens is 278 g/mol. The van der Waals surface area contributed by atoms with Crippen LogP contribution in [-0.2, 0) is 5.41 Å². The number of nitrogens with two attached hydrogens (primary N) is 2. The zero-order valence-electron chi connectivity index (χ0n) is 11.3. The third kappa shape index (κ3) is 2.44. The second kappa shape index (κ2) is 5.12. The number of phenolic OH excluding ortho intramolecular Hbond substituents is 2. The maximum absolute atomic E-state index is 13.7. The van der Waals surface area contributed by atoms with Gasteiger partial charge in [0, 0.05) is 0 Å². The lowest BCUT2D eigenvalue weighted by Gasteiger charge is -2.30. The molecule has 0 saturated heterocycles. The number of benzene rings is 2. The molecule has 4 nitrogen and oxygen atoms in total.